The molecule has 96 valence electrons. The number of hydrogen-bond donors (Lipinski definition) is 1. The Morgan fingerprint density at radius 3 is 3.06 bits per heavy atom. The quantitative estimate of drug-likeness (QED) is 0.796. The molecule has 0 aliphatic carbocycles. The van der Waals surface area contributed by atoms with E-state index in [2.05, 4.69) is 53.2 Å². The zero-order valence-electron chi connectivity index (χ0n) is 11.2. The van der Waals surface area contributed by atoms with E-state index in [4.69, 9.17) is 0 Å². The minimum atomic E-state index is 0.869. The van der Waals surface area contributed by atoms with E-state index in [-0.39, 0.29) is 0 Å². The molecule has 1 fully saturated rings. The summed E-state index contributed by atoms with van der Waals surface area (Å²) < 4.78 is 0. The average molecular weight is 242 g/mol. The fourth-order valence-corrected chi connectivity index (χ4v) is 2.21. The van der Waals surface area contributed by atoms with Crippen LogP contribution in [0.25, 0.3) is 0 Å². The summed E-state index contributed by atoms with van der Waals surface area (Å²) in [5.74, 6) is 6.58. The lowest BCUT2D eigenvalue weighted by atomic mass is 10.1. The van der Waals surface area contributed by atoms with E-state index in [1.807, 2.05) is 0 Å². The molecule has 0 radical (unpaired) electrons. The van der Waals surface area contributed by atoms with Crippen LogP contribution >= 0.6 is 0 Å². The largest absolute Gasteiger partial charge is 0.315 e. The van der Waals surface area contributed by atoms with Gasteiger partial charge in [-0.1, -0.05) is 41.7 Å². The maximum atomic E-state index is 3.41. The summed E-state index contributed by atoms with van der Waals surface area (Å²) >= 11 is 0. The molecule has 1 saturated heterocycles. The van der Waals surface area contributed by atoms with Gasteiger partial charge in [0.05, 0.1) is 6.54 Å². The van der Waals surface area contributed by atoms with E-state index < -0.39 is 0 Å². The van der Waals surface area contributed by atoms with Crippen molar-refractivity contribution >= 4 is 0 Å². The molecule has 0 bridgehead atoms. The molecule has 1 aliphatic heterocycles. The van der Waals surface area contributed by atoms with Crippen molar-refractivity contribution in [2.24, 2.45) is 0 Å². The Kier molecular flexibility index (Phi) is 5.26. The average Bonchev–Trinajstić information content (AvgIpc) is 2.63. The Labute approximate surface area is 110 Å². The van der Waals surface area contributed by atoms with Crippen LogP contribution in [-0.4, -0.2) is 37.6 Å². The van der Waals surface area contributed by atoms with Gasteiger partial charge < -0.3 is 5.32 Å². The van der Waals surface area contributed by atoms with Crippen LogP contribution in [0.2, 0.25) is 0 Å². The Hall–Kier alpha value is -1.30. The van der Waals surface area contributed by atoms with Crippen molar-refractivity contribution in [3.63, 3.8) is 0 Å². The summed E-state index contributed by atoms with van der Waals surface area (Å²) in [5, 5.41) is 3.41. The molecular formula is C16H22N2. The summed E-state index contributed by atoms with van der Waals surface area (Å²) in [6, 6.07) is 8.59. The van der Waals surface area contributed by atoms with Crippen LogP contribution in [0.15, 0.2) is 24.3 Å². The molecular weight excluding hydrogens is 220 g/mol. The van der Waals surface area contributed by atoms with Crippen LogP contribution in [0.5, 0.6) is 0 Å². The normalized spacial score (nSPS) is 16.7. The molecule has 0 atom stereocenters. The molecule has 1 aliphatic rings. The van der Waals surface area contributed by atoms with Crippen LogP contribution in [0, 0.1) is 18.8 Å². The van der Waals surface area contributed by atoms with Crippen LogP contribution in [-0.2, 0) is 6.42 Å². The summed E-state index contributed by atoms with van der Waals surface area (Å²) in [6.45, 7) is 7.58. The molecule has 1 N–H and O–H groups in total. The number of aryl methyl sites for hydroxylation is 1. The molecule has 18 heavy (non-hydrogen) atoms. The van der Waals surface area contributed by atoms with Gasteiger partial charge in [0.15, 0.2) is 0 Å². The third kappa shape index (κ3) is 4.52. The smallest absolute Gasteiger partial charge is 0.0602 e. The van der Waals surface area contributed by atoms with E-state index in [0.29, 0.717) is 0 Å². The SMILES string of the molecule is Cc1cccc(CC#CCN2CCCNCC2)c1. The van der Waals surface area contributed by atoms with Gasteiger partial charge in [-0.05, 0) is 25.5 Å². The second kappa shape index (κ2) is 7.20. The fourth-order valence-electron chi connectivity index (χ4n) is 2.21. The molecule has 2 rings (SSSR count). The minimum Gasteiger partial charge on any atom is -0.315 e. The number of hydrogen-bond acceptors (Lipinski definition) is 2. The summed E-state index contributed by atoms with van der Waals surface area (Å²) in [5.41, 5.74) is 2.63. The highest BCUT2D eigenvalue weighted by Crippen LogP contribution is 2.03. The van der Waals surface area contributed by atoms with Gasteiger partial charge in [-0.25, -0.2) is 0 Å². The van der Waals surface area contributed by atoms with Gasteiger partial charge >= 0.3 is 0 Å². The fraction of sp³-hybridized carbons (Fsp3) is 0.500. The monoisotopic (exact) mass is 242 g/mol. The first-order valence-electron chi connectivity index (χ1n) is 6.79. The summed E-state index contributed by atoms with van der Waals surface area (Å²) in [4.78, 5) is 2.43. The van der Waals surface area contributed by atoms with E-state index in [1.54, 1.807) is 0 Å². The molecule has 0 amide bonds. The highest BCUT2D eigenvalue weighted by Gasteiger charge is 2.05. The second-order valence-corrected chi connectivity index (χ2v) is 4.90. The van der Waals surface area contributed by atoms with E-state index in [1.165, 1.54) is 24.1 Å². The summed E-state index contributed by atoms with van der Waals surface area (Å²) in [6.07, 6.45) is 2.10. The van der Waals surface area contributed by atoms with Gasteiger partial charge in [0.1, 0.15) is 0 Å². The van der Waals surface area contributed by atoms with Gasteiger partial charge in [0.2, 0.25) is 0 Å². The van der Waals surface area contributed by atoms with Gasteiger partial charge in [-0.15, -0.1) is 0 Å². The Bertz CT molecular complexity index is 420. The molecule has 2 heteroatoms. The first-order valence-corrected chi connectivity index (χ1v) is 6.79. The lowest BCUT2D eigenvalue weighted by Crippen LogP contribution is -2.28. The third-order valence-corrected chi connectivity index (χ3v) is 3.24. The van der Waals surface area contributed by atoms with Crippen molar-refractivity contribution < 1.29 is 0 Å². The maximum Gasteiger partial charge on any atom is 0.0602 e. The van der Waals surface area contributed by atoms with E-state index in [0.717, 1.165) is 32.6 Å². The highest BCUT2D eigenvalue weighted by atomic mass is 15.1. The molecule has 0 spiro atoms. The van der Waals surface area contributed by atoms with Crippen molar-refractivity contribution in [3.05, 3.63) is 35.4 Å². The number of benzene rings is 1. The van der Waals surface area contributed by atoms with Crippen molar-refractivity contribution in [1.29, 1.82) is 0 Å². The highest BCUT2D eigenvalue weighted by molar-refractivity contribution is 5.26. The standard InChI is InChI=1S/C16H22N2/c1-15-6-4-8-16(14-15)7-2-3-11-18-12-5-9-17-10-13-18/h4,6,8,14,17H,5,7,9-13H2,1H3. The van der Waals surface area contributed by atoms with Gasteiger partial charge in [-0.2, -0.15) is 0 Å². The first-order chi connectivity index (χ1) is 8.84. The predicted octanol–water partition coefficient (Wildman–Crippen LogP) is 1.84. The summed E-state index contributed by atoms with van der Waals surface area (Å²) in [7, 11) is 0. The molecule has 0 aromatic heterocycles. The molecule has 1 aromatic carbocycles. The van der Waals surface area contributed by atoms with Crippen molar-refractivity contribution in [2.75, 3.05) is 32.7 Å². The van der Waals surface area contributed by atoms with E-state index in [9.17, 15) is 0 Å². The second-order valence-electron chi connectivity index (χ2n) is 4.90. The Balaban J connectivity index is 1.78. The zero-order chi connectivity index (χ0) is 12.6. The van der Waals surface area contributed by atoms with Crippen molar-refractivity contribution in [3.8, 4) is 11.8 Å². The van der Waals surface area contributed by atoms with Crippen LogP contribution in [0.3, 0.4) is 0 Å². The predicted molar refractivity (Wildman–Crippen MR) is 76.6 cm³/mol. The number of nitrogens with zero attached hydrogens (tertiary/aromatic N) is 1. The Morgan fingerprint density at radius 1 is 1.22 bits per heavy atom. The Morgan fingerprint density at radius 2 is 2.17 bits per heavy atom. The van der Waals surface area contributed by atoms with Crippen LogP contribution < -0.4 is 5.32 Å². The van der Waals surface area contributed by atoms with E-state index >= 15 is 0 Å². The molecule has 0 saturated carbocycles. The molecule has 0 unspecified atom stereocenters. The van der Waals surface area contributed by atoms with Crippen molar-refractivity contribution in [1.82, 2.24) is 10.2 Å². The van der Waals surface area contributed by atoms with Gasteiger partial charge in [-0.3, -0.25) is 4.90 Å². The number of nitrogens with one attached hydrogen (secondary N) is 1. The molecule has 1 aromatic rings. The van der Waals surface area contributed by atoms with Crippen LogP contribution in [0.4, 0.5) is 0 Å². The lowest BCUT2D eigenvalue weighted by molar-refractivity contribution is 0.329. The lowest BCUT2D eigenvalue weighted by Gasteiger charge is -2.15. The van der Waals surface area contributed by atoms with Gasteiger partial charge in [0.25, 0.3) is 0 Å². The molecule has 1 heterocycles. The third-order valence-electron chi connectivity index (χ3n) is 3.24. The first kappa shape index (κ1) is 13.1. The molecule has 2 nitrogen and oxygen atoms in total. The van der Waals surface area contributed by atoms with Gasteiger partial charge in [0, 0.05) is 26.1 Å². The number of rotatable bonds is 2. The maximum absolute atomic E-state index is 3.41. The van der Waals surface area contributed by atoms with Crippen LogP contribution in [0.1, 0.15) is 17.5 Å². The van der Waals surface area contributed by atoms with Crippen molar-refractivity contribution in [2.45, 2.75) is 19.8 Å². The minimum absolute atomic E-state index is 0.869. The zero-order valence-corrected chi connectivity index (χ0v) is 11.2. The topological polar surface area (TPSA) is 15.3 Å².